The number of hydrogen-bond donors (Lipinski definition) is 1. The largest absolute Gasteiger partial charge is 0.383 e. The Morgan fingerprint density at radius 3 is 2.50 bits per heavy atom. The Kier molecular flexibility index (Phi) is 3.53. The average molecular weight is 262 g/mol. The summed E-state index contributed by atoms with van der Waals surface area (Å²) in [5.74, 6) is 1.18. The molecule has 0 unspecified atom stereocenters. The number of anilines is 1. The molecular formula is C14H16ClN3. The third-order valence-corrected chi connectivity index (χ3v) is 3.44. The Bertz CT molecular complexity index is 571. The first-order chi connectivity index (χ1) is 8.52. The second-order valence-electron chi connectivity index (χ2n) is 4.31. The van der Waals surface area contributed by atoms with Crippen LogP contribution in [0.3, 0.4) is 0 Å². The van der Waals surface area contributed by atoms with Gasteiger partial charge >= 0.3 is 0 Å². The molecule has 0 aliphatic rings. The van der Waals surface area contributed by atoms with E-state index in [4.69, 9.17) is 17.3 Å². The van der Waals surface area contributed by atoms with Gasteiger partial charge in [-0.3, -0.25) is 0 Å². The van der Waals surface area contributed by atoms with Crippen molar-refractivity contribution in [1.82, 2.24) is 9.97 Å². The molecule has 2 aromatic rings. The molecule has 0 bridgehead atoms. The van der Waals surface area contributed by atoms with Crippen molar-refractivity contribution in [3.8, 4) is 11.4 Å². The molecule has 2 N–H and O–H groups in total. The van der Waals surface area contributed by atoms with Gasteiger partial charge in [0.2, 0.25) is 0 Å². The van der Waals surface area contributed by atoms with Gasteiger partial charge in [0.1, 0.15) is 5.82 Å². The fourth-order valence-corrected chi connectivity index (χ4v) is 2.10. The van der Waals surface area contributed by atoms with Crippen LogP contribution in [0.5, 0.6) is 0 Å². The summed E-state index contributed by atoms with van der Waals surface area (Å²) in [6.45, 7) is 5.97. The van der Waals surface area contributed by atoms with E-state index in [1.54, 1.807) is 0 Å². The molecular weight excluding hydrogens is 246 g/mol. The fourth-order valence-electron chi connectivity index (χ4n) is 1.92. The van der Waals surface area contributed by atoms with E-state index in [1.165, 1.54) is 0 Å². The Hall–Kier alpha value is -1.61. The van der Waals surface area contributed by atoms with E-state index in [0.717, 1.165) is 28.8 Å². The van der Waals surface area contributed by atoms with Crippen LogP contribution in [0.1, 0.15) is 23.7 Å². The summed E-state index contributed by atoms with van der Waals surface area (Å²) in [4.78, 5) is 8.85. The first kappa shape index (κ1) is 12.8. The maximum Gasteiger partial charge on any atom is 0.161 e. The van der Waals surface area contributed by atoms with Gasteiger partial charge in [-0.2, -0.15) is 0 Å². The zero-order valence-corrected chi connectivity index (χ0v) is 11.5. The van der Waals surface area contributed by atoms with E-state index in [2.05, 4.69) is 9.97 Å². The minimum atomic E-state index is 0.552. The van der Waals surface area contributed by atoms with Gasteiger partial charge in [0, 0.05) is 21.8 Å². The molecule has 0 aliphatic heterocycles. The standard InChI is InChI=1S/C14H16ClN3/c1-4-11-9(3)17-14(18-13(11)16)10-6-5-8(2)12(15)7-10/h5-7H,4H2,1-3H3,(H2,16,17,18). The van der Waals surface area contributed by atoms with Crippen LogP contribution < -0.4 is 5.73 Å². The highest BCUT2D eigenvalue weighted by Gasteiger charge is 2.10. The number of halogens is 1. The number of aryl methyl sites for hydroxylation is 2. The summed E-state index contributed by atoms with van der Waals surface area (Å²) in [7, 11) is 0. The lowest BCUT2D eigenvalue weighted by Crippen LogP contribution is -2.04. The summed E-state index contributed by atoms with van der Waals surface area (Å²) in [6.07, 6.45) is 0.840. The normalized spacial score (nSPS) is 10.7. The molecule has 0 fully saturated rings. The van der Waals surface area contributed by atoms with Crippen LogP contribution in [0.25, 0.3) is 11.4 Å². The Morgan fingerprint density at radius 1 is 1.22 bits per heavy atom. The number of benzene rings is 1. The minimum absolute atomic E-state index is 0.552. The number of nitrogen functional groups attached to an aromatic ring is 1. The van der Waals surface area contributed by atoms with Crippen molar-refractivity contribution in [2.45, 2.75) is 27.2 Å². The zero-order chi connectivity index (χ0) is 13.3. The predicted molar refractivity (Wildman–Crippen MR) is 75.7 cm³/mol. The van der Waals surface area contributed by atoms with Crippen molar-refractivity contribution in [2.24, 2.45) is 0 Å². The van der Waals surface area contributed by atoms with Crippen LogP contribution in [0, 0.1) is 13.8 Å². The van der Waals surface area contributed by atoms with E-state index in [0.29, 0.717) is 16.7 Å². The quantitative estimate of drug-likeness (QED) is 0.899. The van der Waals surface area contributed by atoms with Gasteiger partial charge < -0.3 is 5.73 Å². The lowest BCUT2D eigenvalue weighted by molar-refractivity contribution is 1.01. The first-order valence-electron chi connectivity index (χ1n) is 5.92. The number of nitrogens with zero attached hydrogens (tertiary/aromatic N) is 2. The van der Waals surface area contributed by atoms with Crippen molar-refractivity contribution >= 4 is 17.4 Å². The molecule has 0 aliphatic carbocycles. The number of hydrogen-bond acceptors (Lipinski definition) is 3. The van der Waals surface area contributed by atoms with Crippen molar-refractivity contribution in [3.63, 3.8) is 0 Å². The topological polar surface area (TPSA) is 51.8 Å². The summed E-state index contributed by atoms with van der Waals surface area (Å²) < 4.78 is 0. The molecule has 1 heterocycles. The molecule has 1 aromatic heterocycles. The van der Waals surface area contributed by atoms with E-state index in [-0.39, 0.29) is 0 Å². The van der Waals surface area contributed by atoms with Crippen LogP contribution in [-0.4, -0.2) is 9.97 Å². The highest BCUT2D eigenvalue weighted by molar-refractivity contribution is 6.31. The van der Waals surface area contributed by atoms with Crippen LogP contribution in [0.4, 0.5) is 5.82 Å². The maximum absolute atomic E-state index is 6.12. The number of rotatable bonds is 2. The fraction of sp³-hybridized carbons (Fsp3) is 0.286. The molecule has 0 spiro atoms. The Labute approximate surface area is 112 Å². The highest BCUT2D eigenvalue weighted by Crippen LogP contribution is 2.25. The minimum Gasteiger partial charge on any atom is -0.383 e. The third kappa shape index (κ3) is 2.31. The Morgan fingerprint density at radius 2 is 1.94 bits per heavy atom. The van der Waals surface area contributed by atoms with Gasteiger partial charge in [-0.25, -0.2) is 9.97 Å². The second-order valence-corrected chi connectivity index (χ2v) is 4.72. The monoisotopic (exact) mass is 261 g/mol. The summed E-state index contributed by atoms with van der Waals surface area (Å²) in [5.41, 5.74) is 9.82. The maximum atomic E-state index is 6.12. The summed E-state index contributed by atoms with van der Waals surface area (Å²) in [5, 5.41) is 0.715. The van der Waals surface area contributed by atoms with E-state index in [1.807, 2.05) is 39.0 Å². The first-order valence-corrected chi connectivity index (χ1v) is 6.30. The van der Waals surface area contributed by atoms with E-state index < -0.39 is 0 Å². The average Bonchev–Trinajstić information content (AvgIpc) is 2.32. The molecule has 0 saturated carbocycles. The Balaban J connectivity index is 2.54. The van der Waals surface area contributed by atoms with Gasteiger partial charge in [-0.15, -0.1) is 0 Å². The van der Waals surface area contributed by atoms with Gasteiger partial charge in [-0.1, -0.05) is 30.7 Å². The number of aromatic nitrogens is 2. The summed E-state index contributed by atoms with van der Waals surface area (Å²) in [6, 6.07) is 5.79. The lowest BCUT2D eigenvalue weighted by Gasteiger charge is -2.09. The van der Waals surface area contributed by atoms with Crippen molar-refractivity contribution in [1.29, 1.82) is 0 Å². The van der Waals surface area contributed by atoms with Gasteiger partial charge in [0.15, 0.2) is 5.82 Å². The van der Waals surface area contributed by atoms with Gasteiger partial charge in [-0.05, 0) is 31.9 Å². The molecule has 94 valence electrons. The van der Waals surface area contributed by atoms with Crippen molar-refractivity contribution < 1.29 is 0 Å². The molecule has 2 rings (SSSR count). The van der Waals surface area contributed by atoms with E-state index >= 15 is 0 Å². The van der Waals surface area contributed by atoms with Crippen LogP contribution in [0.2, 0.25) is 5.02 Å². The van der Waals surface area contributed by atoms with Crippen molar-refractivity contribution in [3.05, 3.63) is 40.0 Å². The molecule has 0 atom stereocenters. The molecule has 4 heteroatoms. The van der Waals surface area contributed by atoms with E-state index in [9.17, 15) is 0 Å². The van der Waals surface area contributed by atoms with Crippen molar-refractivity contribution in [2.75, 3.05) is 5.73 Å². The molecule has 0 radical (unpaired) electrons. The SMILES string of the molecule is CCc1c(C)nc(-c2ccc(C)c(Cl)c2)nc1N. The van der Waals surface area contributed by atoms with Crippen LogP contribution in [-0.2, 0) is 6.42 Å². The van der Waals surface area contributed by atoms with Crippen LogP contribution in [0.15, 0.2) is 18.2 Å². The molecule has 18 heavy (non-hydrogen) atoms. The lowest BCUT2D eigenvalue weighted by atomic mass is 10.1. The molecule has 0 saturated heterocycles. The van der Waals surface area contributed by atoms with Gasteiger partial charge in [0.25, 0.3) is 0 Å². The molecule has 0 amide bonds. The molecule has 3 nitrogen and oxygen atoms in total. The number of nitrogens with two attached hydrogens (primary N) is 1. The smallest absolute Gasteiger partial charge is 0.161 e. The predicted octanol–water partition coefficient (Wildman–Crippen LogP) is 3.56. The second kappa shape index (κ2) is 4.94. The highest BCUT2D eigenvalue weighted by atomic mass is 35.5. The van der Waals surface area contributed by atoms with Gasteiger partial charge in [0.05, 0.1) is 0 Å². The summed E-state index contributed by atoms with van der Waals surface area (Å²) >= 11 is 6.12. The zero-order valence-electron chi connectivity index (χ0n) is 10.8. The van der Waals surface area contributed by atoms with Crippen LogP contribution >= 0.6 is 11.6 Å². The third-order valence-electron chi connectivity index (χ3n) is 3.03. The molecule has 1 aromatic carbocycles.